The van der Waals surface area contributed by atoms with Gasteiger partial charge in [0.2, 0.25) is 0 Å². The maximum Gasteiger partial charge on any atom is 0.165 e. The van der Waals surface area contributed by atoms with Crippen molar-refractivity contribution in [1.82, 2.24) is 14.8 Å². The molecule has 2 aliphatic heterocycles. The average molecular weight is 478 g/mol. The van der Waals surface area contributed by atoms with E-state index in [0.717, 1.165) is 65.1 Å². The van der Waals surface area contributed by atoms with Gasteiger partial charge in [-0.1, -0.05) is 29.8 Å². The Kier molecular flexibility index (Phi) is 7.33. The Morgan fingerprint density at radius 1 is 1.09 bits per heavy atom. The average Bonchev–Trinajstić information content (AvgIpc) is 3.05. The number of ether oxygens (including phenoxy) is 2. The van der Waals surface area contributed by atoms with E-state index < -0.39 is 0 Å². The number of rotatable bonds is 6. The number of nitrogens with zero attached hydrogens (tertiary/aromatic N) is 3. The van der Waals surface area contributed by atoms with Gasteiger partial charge >= 0.3 is 0 Å². The van der Waals surface area contributed by atoms with Gasteiger partial charge in [0, 0.05) is 48.9 Å². The third-order valence-electron chi connectivity index (χ3n) is 6.65. The number of hydrogen-bond donors (Lipinski definition) is 0. The van der Waals surface area contributed by atoms with Gasteiger partial charge in [-0.2, -0.15) is 0 Å². The van der Waals surface area contributed by atoms with Crippen molar-refractivity contribution in [2.75, 3.05) is 39.9 Å². The molecule has 0 aliphatic carbocycles. The van der Waals surface area contributed by atoms with Crippen LogP contribution in [0.15, 0.2) is 60.8 Å². The lowest BCUT2D eigenvalue weighted by molar-refractivity contribution is 0.146. The van der Waals surface area contributed by atoms with Crippen molar-refractivity contribution >= 4 is 11.6 Å². The van der Waals surface area contributed by atoms with Crippen LogP contribution in [0.25, 0.3) is 11.1 Å². The fourth-order valence-corrected chi connectivity index (χ4v) is 5.14. The number of halogens is 1. The molecule has 0 radical (unpaired) electrons. The normalized spacial score (nSPS) is 19.2. The molecular weight excluding hydrogens is 446 g/mol. The van der Waals surface area contributed by atoms with E-state index in [1.807, 2.05) is 36.5 Å². The molecule has 34 heavy (non-hydrogen) atoms. The predicted octanol–water partition coefficient (Wildman–Crippen LogP) is 5.52. The summed E-state index contributed by atoms with van der Waals surface area (Å²) in [5.41, 5.74) is 4.38. The van der Waals surface area contributed by atoms with E-state index in [-0.39, 0.29) is 0 Å². The second-order valence-corrected chi connectivity index (χ2v) is 9.87. The summed E-state index contributed by atoms with van der Waals surface area (Å²) in [4.78, 5) is 9.29. The predicted molar refractivity (Wildman–Crippen MR) is 136 cm³/mol. The zero-order valence-electron chi connectivity index (χ0n) is 19.8. The molecule has 1 aromatic heterocycles. The molecule has 178 valence electrons. The summed E-state index contributed by atoms with van der Waals surface area (Å²) in [5, 5.41) is 0.730. The van der Waals surface area contributed by atoms with Crippen molar-refractivity contribution in [3.05, 3.63) is 77.1 Å². The van der Waals surface area contributed by atoms with Crippen molar-refractivity contribution in [2.24, 2.45) is 5.92 Å². The number of piperidine rings is 1. The highest BCUT2D eigenvalue weighted by Crippen LogP contribution is 2.39. The second kappa shape index (κ2) is 10.8. The van der Waals surface area contributed by atoms with Gasteiger partial charge in [-0.3, -0.25) is 9.88 Å². The number of hydrogen-bond acceptors (Lipinski definition) is 5. The highest BCUT2D eigenvalue weighted by molar-refractivity contribution is 6.30. The molecule has 0 spiro atoms. The van der Waals surface area contributed by atoms with Gasteiger partial charge in [-0.05, 0) is 74.0 Å². The summed E-state index contributed by atoms with van der Waals surface area (Å²) in [6.07, 6.45) is 4.28. The van der Waals surface area contributed by atoms with Gasteiger partial charge in [0.25, 0.3) is 0 Å². The number of pyridine rings is 1. The van der Waals surface area contributed by atoms with Crippen LogP contribution in [-0.4, -0.2) is 54.7 Å². The zero-order valence-corrected chi connectivity index (χ0v) is 20.5. The number of fused-ring (bicyclic) bond motifs is 1. The van der Waals surface area contributed by atoms with E-state index in [1.165, 1.54) is 19.4 Å². The van der Waals surface area contributed by atoms with Gasteiger partial charge in [-0.15, -0.1) is 0 Å². The minimum atomic E-state index is 0.538. The lowest BCUT2D eigenvalue weighted by atomic mass is 9.99. The van der Waals surface area contributed by atoms with E-state index in [4.69, 9.17) is 21.1 Å². The molecule has 0 unspecified atom stereocenters. The van der Waals surface area contributed by atoms with Gasteiger partial charge in [0.05, 0.1) is 12.3 Å². The smallest absolute Gasteiger partial charge is 0.165 e. The standard InChI is InChI=1S/C28H32ClN3O2/c1-31-11-5-6-21(17-31)20-34-27-16-23(22-7-4-8-25(29)15-22)14-24-18-32(12-13-33-28(24)27)19-26-9-2-3-10-30-26/h2-4,7-10,14-16,21H,5-6,11-13,17-20H2,1H3/t21-/m0/s1. The molecule has 5 rings (SSSR count). The highest BCUT2D eigenvalue weighted by Gasteiger charge is 2.23. The quantitative estimate of drug-likeness (QED) is 0.467. The van der Waals surface area contributed by atoms with Crippen LogP contribution in [0.4, 0.5) is 0 Å². The monoisotopic (exact) mass is 477 g/mol. The number of aromatic nitrogens is 1. The molecule has 3 aromatic rings. The summed E-state index contributed by atoms with van der Waals surface area (Å²) in [7, 11) is 2.19. The lowest BCUT2D eigenvalue weighted by Gasteiger charge is -2.29. The van der Waals surface area contributed by atoms with Gasteiger partial charge in [-0.25, -0.2) is 0 Å². The Balaban J connectivity index is 1.44. The molecular formula is C28H32ClN3O2. The van der Waals surface area contributed by atoms with Crippen LogP contribution in [0, 0.1) is 5.92 Å². The minimum absolute atomic E-state index is 0.538. The highest BCUT2D eigenvalue weighted by atomic mass is 35.5. The largest absolute Gasteiger partial charge is 0.489 e. The van der Waals surface area contributed by atoms with Crippen LogP contribution in [0.3, 0.4) is 0 Å². The molecule has 2 aromatic carbocycles. The Bertz CT molecular complexity index is 1110. The van der Waals surface area contributed by atoms with Crippen LogP contribution in [-0.2, 0) is 13.1 Å². The molecule has 0 bridgehead atoms. The van der Waals surface area contributed by atoms with Crippen molar-refractivity contribution in [1.29, 1.82) is 0 Å². The first-order valence-corrected chi connectivity index (χ1v) is 12.5. The van der Waals surface area contributed by atoms with Gasteiger partial charge in [0.1, 0.15) is 6.61 Å². The van der Waals surface area contributed by atoms with Gasteiger partial charge < -0.3 is 14.4 Å². The summed E-state index contributed by atoms with van der Waals surface area (Å²) in [6, 6.07) is 18.4. The van der Waals surface area contributed by atoms with E-state index >= 15 is 0 Å². The van der Waals surface area contributed by atoms with E-state index in [0.29, 0.717) is 19.1 Å². The summed E-state index contributed by atoms with van der Waals surface area (Å²) in [5.74, 6) is 2.24. The summed E-state index contributed by atoms with van der Waals surface area (Å²) in [6.45, 7) is 5.99. The zero-order chi connectivity index (χ0) is 23.3. The molecule has 1 saturated heterocycles. The third kappa shape index (κ3) is 5.72. The maximum atomic E-state index is 6.48. The Hall–Kier alpha value is -2.60. The summed E-state index contributed by atoms with van der Waals surface area (Å²) < 4.78 is 12.8. The molecule has 1 fully saturated rings. The molecule has 3 heterocycles. The van der Waals surface area contributed by atoms with Crippen molar-refractivity contribution in [3.8, 4) is 22.6 Å². The lowest BCUT2D eigenvalue weighted by Crippen LogP contribution is -2.34. The Morgan fingerprint density at radius 3 is 2.85 bits per heavy atom. The first-order chi connectivity index (χ1) is 16.6. The van der Waals surface area contributed by atoms with Crippen molar-refractivity contribution in [3.63, 3.8) is 0 Å². The van der Waals surface area contributed by atoms with Crippen LogP contribution in [0.2, 0.25) is 5.02 Å². The molecule has 1 atom stereocenters. The summed E-state index contributed by atoms with van der Waals surface area (Å²) >= 11 is 6.32. The Morgan fingerprint density at radius 2 is 2.03 bits per heavy atom. The Labute approximate surface area is 207 Å². The molecule has 0 saturated carbocycles. The molecule has 5 nitrogen and oxygen atoms in total. The van der Waals surface area contributed by atoms with Crippen LogP contribution in [0.5, 0.6) is 11.5 Å². The van der Waals surface area contributed by atoms with Gasteiger partial charge in [0.15, 0.2) is 11.5 Å². The van der Waals surface area contributed by atoms with Crippen LogP contribution < -0.4 is 9.47 Å². The number of benzene rings is 2. The van der Waals surface area contributed by atoms with E-state index in [9.17, 15) is 0 Å². The van der Waals surface area contributed by atoms with E-state index in [2.05, 4.69) is 46.1 Å². The molecule has 2 aliphatic rings. The topological polar surface area (TPSA) is 37.8 Å². The number of likely N-dealkylation sites (tertiary alicyclic amines) is 1. The van der Waals surface area contributed by atoms with Crippen molar-refractivity contribution < 1.29 is 9.47 Å². The minimum Gasteiger partial charge on any atom is -0.489 e. The third-order valence-corrected chi connectivity index (χ3v) is 6.88. The molecule has 0 amide bonds. The van der Waals surface area contributed by atoms with Crippen molar-refractivity contribution in [2.45, 2.75) is 25.9 Å². The SMILES string of the molecule is CN1CCC[C@H](COc2cc(-c3cccc(Cl)c3)cc3c2OCCN(Cc2ccccn2)C3)C1. The first kappa shape index (κ1) is 23.2. The van der Waals surface area contributed by atoms with E-state index in [1.54, 1.807) is 0 Å². The molecule has 6 heteroatoms. The molecule has 0 N–H and O–H groups in total. The fourth-order valence-electron chi connectivity index (χ4n) is 4.95. The second-order valence-electron chi connectivity index (χ2n) is 9.43. The fraction of sp³-hybridized carbons (Fsp3) is 0.393. The first-order valence-electron chi connectivity index (χ1n) is 12.1. The van der Waals surface area contributed by atoms with Crippen LogP contribution >= 0.6 is 11.6 Å². The van der Waals surface area contributed by atoms with Crippen LogP contribution in [0.1, 0.15) is 24.1 Å². The maximum absolute atomic E-state index is 6.48.